The number of aryl methyl sites for hydroxylation is 1. The maximum Gasteiger partial charge on any atom is 0.407 e. The minimum absolute atomic E-state index is 0.0566. The Bertz CT molecular complexity index is 1790. The van der Waals surface area contributed by atoms with Crippen molar-refractivity contribution in [3.63, 3.8) is 0 Å². The van der Waals surface area contributed by atoms with E-state index in [0.29, 0.717) is 31.5 Å². The standard InChI is InChI=1S/C42H55N7O7/c1-5-28-19-21-29(22-20-28)47-38(51)36(18-12-24-44-41(43)54)48-40(53)37(26(2)3)49-39(52)35(46-27(4)50)17-10-11-23-45-42(55)56-25-34-32-15-8-6-13-30(32)31-14-7-9-16-33(31)34/h6-9,13-16,19-22,26,34-37H,5,10-12,17-18,23-25H2,1-4H3,(H,45,55)(H,46,50)(H,47,51)(H,48,53)(H,49,52)(H3,43,44,54)/t35-,36-,37-/m0/s1. The van der Waals surface area contributed by atoms with Gasteiger partial charge in [0, 0.05) is 31.6 Å². The molecule has 14 heteroatoms. The molecule has 1 aliphatic carbocycles. The van der Waals surface area contributed by atoms with Gasteiger partial charge in [-0.2, -0.15) is 0 Å². The summed E-state index contributed by atoms with van der Waals surface area (Å²) in [5, 5.41) is 16.3. The number of nitrogens with two attached hydrogens (primary N) is 1. The molecule has 0 aliphatic heterocycles. The predicted octanol–water partition coefficient (Wildman–Crippen LogP) is 4.48. The molecule has 0 heterocycles. The Labute approximate surface area is 328 Å². The molecular formula is C42H55N7O7. The fraction of sp³-hybridized carbons (Fsp3) is 0.429. The molecule has 56 heavy (non-hydrogen) atoms. The summed E-state index contributed by atoms with van der Waals surface area (Å²) >= 11 is 0. The molecule has 0 fully saturated rings. The van der Waals surface area contributed by atoms with E-state index in [4.69, 9.17) is 10.5 Å². The van der Waals surface area contributed by atoms with E-state index in [9.17, 15) is 28.8 Å². The number of nitrogens with one attached hydrogen (secondary N) is 6. The molecule has 0 bridgehead atoms. The molecule has 3 aromatic carbocycles. The van der Waals surface area contributed by atoms with Crippen molar-refractivity contribution in [1.82, 2.24) is 26.6 Å². The molecule has 0 spiro atoms. The molecule has 0 saturated carbocycles. The lowest BCUT2D eigenvalue weighted by molar-refractivity contribution is -0.133. The number of unbranched alkanes of at least 4 members (excludes halogenated alkanes) is 1. The van der Waals surface area contributed by atoms with Crippen LogP contribution in [-0.2, 0) is 30.3 Å². The number of fused-ring (bicyclic) bond motifs is 3. The van der Waals surface area contributed by atoms with Crippen LogP contribution >= 0.6 is 0 Å². The number of carbonyl (C=O) groups is 6. The smallest absolute Gasteiger partial charge is 0.407 e. The monoisotopic (exact) mass is 769 g/mol. The van der Waals surface area contributed by atoms with E-state index in [2.05, 4.69) is 56.2 Å². The third kappa shape index (κ3) is 12.6. The number of benzene rings is 3. The van der Waals surface area contributed by atoms with Crippen molar-refractivity contribution < 1.29 is 33.5 Å². The molecule has 0 aromatic heterocycles. The fourth-order valence-electron chi connectivity index (χ4n) is 6.72. The van der Waals surface area contributed by atoms with Crippen LogP contribution in [0.1, 0.15) is 82.4 Å². The van der Waals surface area contributed by atoms with E-state index in [-0.39, 0.29) is 37.8 Å². The molecule has 8 N–H and O–H groups in total. The molecule has 3 aromatic rings. The number of alkyl carbamates (subject to hydrolysis) is 1. The van der Waals surface area contributed by atoms with Gasteiger partial charge in [0.1, 0.15) is 24.7 Å². The van der Waals surface area contributed by atoms with Gasteiger partial charge in [-0.15, -0.1) is 0 Å². The first kappa shape index (κ1) is 42.8. The summed E-state index contributed by atoms with van der Waals surface area (Å²) in [5.41, 5.74) is 11.4. The first-order chi connectivity index (χ1) is 26.9. The highest BCUT2D eigenvalue weighted by Gasteiger charge is 2.32. The van der Waals surface area contributed by atoms with E-state index >= 15 is 0 Å². The SMILES string of the molecule is CCc1ccc(NC(=O)[C@H](CCCNC(N)=O)NC(=O)[C@@H](NC(=O)[C@H](CCCCNC(=O)OCC2c3ccccc3-c3ccccc32)NC(C)=O)C(C)C)cc1. The Balaban J connectivity index is 1.28. The molecule has 0 saturated heterocycles. The lowest BCUT2D eigenvalue weighted by Crippen LogP contribution is -2.57. The Kier molecular flexibility index (Phi) is 16.2. The largest absolute Gasteiger partial charge is 0.449 e. The molecule has 0 unspecified atom stereocenters. The first-order valence-corrected chi connectivity index (χ1v) is 19.3. The van der Waals surface area contributed by atoms with E-state index in [1.165, 1.54) is 6.92 Å². The average molecular weight is 770 g/mol. The first-order valence-electron chi connectivity index (χ1n) is 19.3. The molecule has 14 nitrogen and oxygen atoms in total. The van der Waals surface area contributed by atoms with Crippen LogP contribution in [0.5, 0.6) is 0 Å². The van der Waals surface area contributed by atoms with Crippen LogP contribution in [0.4, 0.5) is 15.3 Å². The molecule has 3 atom stereocenters. The van der Waals surface area contributed by atoms with Crippen LogP contribution in [0, 0.1) is 5.92 Å². The second kappa shape index (κ2) is 21.2. The summed E-state index contributed by atoms with van der Waals surface area (Å²) in [6.45, 7) is 7.53. The molecule has 1 aliphatic rings. The van der Waals surface area contributed by atoms with E-state index < -0.39 is 53.9 Å². The normalized spacial score (nSPS) is 13.3. The zero-order valence-corrected chi connectivity index (χ0v) is 32.6. The van der Waals surface area contributed by atoms with Crippen molar-refractivity contribution in [2.75, 3.05) is 25.0 Å². The molecule has 7 amide bonds. The maximum absolute atomic E-state index is 13.6. The number of amides is 7. The van der Waals surface area contributed by atoms with Crippen molar-refractivity contribution in [3.05, 3.63) is 89.5 Å². The van der Waals surface area contributed by atoms with Crippen molar-refractivity contribution in [2.45, 2.75) is 90.3 Å². The van der Waals surface area contributed by atoms with Crippen molar-refractivity contribution in [3.8, 4) is 11.1 Å². The molecule has 300 valence electrons. The highest BCUT2D eigenvalue weighted by Crippen LogP contribution is 2.44. The maximum atomic E-state index is 13.6. The van der Waals surface area contributed by atoms with Gasteiger partial charge in [-0.1, -0.05) is 81.4 Å². The van der Waals surface area contributed by atoms with Gasteiger partial charge in [-0.05, 0) is 84.4 Å². The van der Waals surface area contributed by atoms with Gasteiger partial charge < -0.3 is 42.4 Å². The highest BCUT2D eigenvalue weighted by molar-refractivity contribution is 5.99. The average Bonchev–Trinajstić information content (AvgIpc) is 3.49. The second-order valence-corrected chi connectivity index (χ2v) is 14.3. The summed E-state index contributed by atoms with van der Waals surface area (Å²) < 4.78 is 5.61. The number of primary amides is 1. The quantitative estimate of drug-likeness (QED) is 0.0819. The van der Waals surface area contributed by atoms with Crippen LogP contribution in [-0.4, -0.2) is 73.6 Å². The topological polar surface area (TPSA) is 210 Å². The van der Waals surface area contributed by atoms with Crippen LogP contribution in [0.15, 0.2) is 72.8 Å². The Morgan fingerprint density at radius 1 is 0.696 bits per heavy atom. The van der Waals surface area contributed by atoms with E-state index in [1.807, 2.05) is 43.3 Å². The Hall–Kier alpha value is -5.92. The van der Waals surface area contributed by atoms with Gasteiger partial charge in [-0.3, -0.25) is 19.2 Å². The zero-order valence-electron chi connectivity index (χ0n) is 32.6. The number of rotatable bonds is 20. The van der Waals surface area contributed by atoms with E-state index in [0.717, 1.165) is 34.2 Å². The lowest BCUT2D eigenvalue weighted by atomic mass is 9.98. The number of hydrogen-bond acceptors (Lipinski definition) is 7. The summed E-state index contributed by atoms with van der Waals surface area (Å²) in [6.07, 6.45) is 2.05. The minimum Gasteiger partial charge on any atom is -0.449 e. The second-order valence-electron chi connectivity index (χ2n) is 14.3. The molecular weight excluding hydrogens is 715 g/mol. The van der Waals surface area contributed by atoms with Gasteiger partial charge in [0.25, 0.3) is 0 Å². The summed E-state index contributed by atoms with van der Waals surface area (Å²) in [7, 11) is 0. The predicted molar refractivity (Wildman–Crippen MR) is 214 cm³/mol. The van der Waals surface area contributed by atoms with Crippen LogP contribution in [0.2, 0.25) is 0 Å². The van der Waals surface area contributed by atoms with Gasteiger partial charge in [0.15, 0.2) is 0 Å². The zero-order chi connectivity index (χ0) is 40.6. The summed E-state index contributed by atoms with van der Waals surface area (Å²) in [5.74, 6) is -2.44. The van der Waals surface area contributed by atoms with Crippen molar-refractivity contribution in [1.29, 1.82) is 0 Å². The Morgan fingerprint density at radius 2 is 1.29 bits per heavy atom. The Morgan fingerprint density at radius 3 is 1.88 bits per heavy atom. The number of urea groups is 1. The van der Waals surface area contributed by atoms with Crippen LogP contribution in [0.25, 0.3) is 11.1 Å². The minimum atomic E-state index is -1.03. The van der Waals surface area contributed by atoms with E-state index in [1.54, 1.807) is 26.0 Å². The van der Waals surface area contributed by atoms with Gasteiger partial charge in [-0.25, -0.2) is 9.59 Å². The highest BCUT2D eigenvalue weighted by atomic mass is 16.5. The number of carbonyl (C=O) groups excluding carboxylic acids is 6. The summed E-state index contributed by atoms with van der Waals surface area (Å²) in [4.78, 5) is 76.4. The molecule has 4 rings (SSSR count). The molecule has 0 radical (unpaired) electrons. The van der Waals surface area contributed by atoms with Gasteiger partial charge in [0.2, 0.25) is 23.6 Å². The third-order valence-electron chi connectivity index (χ3n) is 9.70. The van der Waals surface area contributed by atoms with Crippen molar-refractivity contribution in [2.24, 2.45) is 11.7 Å². The number of hydrogen-bond donors (Lipinski definition) is 7. The number of ether oxygens (including phenoxy) is 1. The van der Waals surface area contributed by atoms with Gasteiger partial charge in [0.05, 0.1) is 0 Å². The number of anilines is 1. The third-order valence-corrected chi connectivity index (χ3v) is 9.70. The summed E-state index contributed by atoms with van der Waals surface area (Å²) in [6, 6.07) is 19.9. The van der Waals surface area contributed by atoms with Gasteiger partial charge >= 0.3 is 12.1 Å². The van der Waals surface area contributed by atoms with Crippen LogP contribution in [0.3, 0.4) is 0 Å². The van der Waals surface area contributed by atoms with Crippen molar-refractivity contribution >= 4 is 41.4 Å². The lowest BCUT2D eigenvalue weighted by Gasteiger charge is -2.27. The van der Waals surface area contributed by atoms with Crippen LogP contribution < -0.4 is 37.6 Å². The fourth-order valence-corrected chi connectivity index (χ4v) is 6.72.